The van der Waals surface area contributed by atoms with Crippen molar-refractivity contribution in [3.05, 3.63) is 29.6 Å². The molecule has 114 valence electrons. The molecule has 2 heterocycles. The van der Waals surface area contributed by atoms with Crippen molar-refractivity contribution in [2.75, 3.05) is 13.7 Å². The summed E-state index contributed by atoms with van der Waals surface area (Å²) >= 11 is 0. The lowest BCUT2D eigenvalue weighted by atomic mass is 9.78. The number of carbonyl (C=O) groups is 1. The van der Waals surface area contributed by atoms with E-state index in [4.69, 9.17) is 4.74 Å². The second-order valence-electron chi connectivity index (χ2n) is 6.25. The molecular weight excluding hydrogens is 264 g/mol. The van der Waals surface area contributed by atoms with Crippen molar-refractivity contribution in [2.24, 2.45) is 5.92 Å². The van der Waals surface area contributed by atoms with E-state index < -0.39 is 0 Å². The van der Waals surface area contributed by atoms with E-state index >= 15 is 0 Å². The van der Waals surface area contributed by atoms with Gasteiger partial charge in [0, 0.05) is 18.8 Å². The molecule has 1 aliphatic carbocycles. The zero-order chi connectivity index (χ0) is 14.7. The van der Waals surface area contributed by atoms with Gasteiger partial charge in [0.25, 0.3) is 0 Å². The summed E-state index contributed by atoms with van der Waals surface area (Å²) in [6, 6.07) is 4.52. The van der Waals surface area contributed by atoms with Crippen molar-refractivity contribution in [3.8, 4) is 0 Å². The third-order valence-electron chi connectivity index (χ3n) is 4.97. The number of esters is 1. The molecule has 0 aromatic carbocycles. The molecule has 3 rings (SSSR count). The number of nitrogens with zero attached hydrogens (tertiary/aromatic N) is 2. The summed E-state index contributed by atoms with van der Waals surface area (Å²) in [5.41, 5.74) is 1.57. The summed E-state index contributed by atoms with van der Waals surface area (Å²) in [7, 11) is 1.40. The fourth-order valence-electron chi connectivity index (χ4n) is 3.89. The molecule has 0 N–H and O–H groups in total. The van der Waals surface area contributed by atoms with Crippen LogP contribution >= 0.6 is 0 Å². The van der Waals surface area contributed by atoms with Crippen LogP contribution in [0.1, 0.15) is 54.6 Å². The van der Waals surface area contributed by atoms with Crippen molar-refractivity contribution in [2.45, 2.75) is 51.1 Å². The largest absolute Gasteiger partial charge is 0.465 e. The monoisotopic (exact) mass is 288 g/mol. The predicted molar refractivity (Wildman–Crippen MR) is 81.0 cm³/mol. The first-order valence-electron chi connectivity index (χ1n) is 8.05. The van der Waals surface area contributed by atoms with E-state index in [1.54, 1.807) is 6.20 Å². The van der Waals surface area contributed by atoms with Gasteiger partial charge in [-0.1, -0.05) is 12.8 Å². The van der Waals surface area contributed by atoms with Gasteiger partial charge >= 0.3 is 5.97 Å². The first-order chi connectivity index (χ1) is 10.3. The maximum absolute atomic E-state index is 11.4. The van der Waals surface area contributed by atoms with Crippen LogP contribution in [0.25, 0.3) is 0 Å². The van der Waals surface area contributed by atoms with Gasteiger partial charge in [-0.15, -0.1) is 0 Å². The number of aromatic nitrogens is 1. The van der Waals surface area contributed by atoms with Crippen LogP contribution < -0.4 is 0 Å². The fourth-order valence-corrected chi connectivity index (χ4v) is 3.89. The van der Waals surface area contributed by atoms with E-state index in [1.165, 1.54) is 52.2 Å². The number of hydrogen-bond acceptors (Lipinski definition) is 4. The number of carbonyl (C=O) groups excluding carboxylic acids is 1. The van der Waals surface area contributed by atoms with Gasteiger partial charge in [-0.05, 0) is 50.3 Å². The summed E-state index contributed by atoms with van der Waals surface area (Å²) in [6.45, 7) is 2.09. The van der Waals surface area contributed by atoms with Crippen molar-refractivity contribution in [3.63, 3.8) is 0 Å². The number of ether oxygens (including phenoxy) is 1. The summed E-state index contributed by atoms with van der Waals surface area (Å²) in [6.07, 6.45) is 9.84. The molecule has 0 bridgehead atoms. The first kappa shape index (κ1) is 14.5. The minimum Gasteiger partial charge on any atom is -0.465 e. The van der Waals surface area contributed by atoms with Gasteiger partial charge in [0.15, 0.2) is 0 Å². The van der Waals surface area contributed by atoms with Gasteiger partial charge < -0.3 is 4.74 Å². The fraction of sp³-hybridized carbons (Fsp3) is 0.647. The lowest BCUT2D eigenvalue weighted by molar-refractivity contribution is 0.0536. The number of fused-ring (bicyclic) bond motifs is 1. The maximum Gasteiger partial charge on any atom is 0.339 e. The highest BCUT2D eigenvalue weighted by Crippen LogP contribution is 2.35. The Morgan fingerprint density at radius 1 is 1.29 bits per heavy atom. The molecule has 2 aliphatic rings. The minimum atomic E-state index is -0.320. The smallest absolute Gasteiger partial charge is 0.339 e. The molecule has 0 amide bonds. The Hall–Kier alpha value is -1.42. The molecule has 1 saturated heterocycles. The number of rotatable bonds is 3. The SMILES string of the molecule is COC(=O)c1ccc(CN2CCCC3CCCCC32)nc1. The van der Waals surface area contributed by atoms with Gasteiger partial charge in [0.05, 0.1) is 18.4 Å². The lowest BCUT2D eigenvalue weighted by Gasteiger charge is -2.44. The lowest BCUT2D eigenvalue weighted by Crippen LogP contribution is -2.46. The standard InChI is InChI=1S/C17H24N2O2/c1-21-17(20)14-8-9-15(18-11-14)12-19-10-4-6-13-5-2-3-7-16(13)19/h8-9,11,13,16H,2-7,10,12H2,1H3. The van der Waals surface area contributed by atoms with Gasteiger partial charge in [-0.3, -0.25) is 9.88 Å². The number of methoxy groups -OCH3 is 1. The average molecular weight is 288 g/mol. The van der Waals surface area contributed by atoms with Crippen molar-refractivity contribution < 1.29 is 9.53 Å². The van der Waals surface area contributed by atoms with Crippen LogP contribution in [-0.2, 0) is 11.3 Å². The maximum atomic E-state index is 11.4. The van der Waals surface area contributed by atoms with Crippen LogP contribution in [0.3, 0.4) is 0 Å². The Morgan fingerprint density at radius 2 is 2.10 bits per heavy atom. The molecule has 1 saturated carbocycles. The molecule has 0 spiro atoms. The molecule has 0 radical (unpaired) electrons. The van der Waals surface area contributed by atoms with E-state index in [-0.39, 0.29) is 5.97 Å². The third-order valence-corrected chi connectivity index (χ3v) is 4.97. The molecular formula is C17H24N2O2. The van der Waals surface area contributed by atoms with Gasteiger partial charge in [0.2, 0.25) is 0 Å². The summed E-state index contributed by atoms with van der Waals surface area (Å²) in [4.78, 5) is 18.5. The Labute approximate surface area is 126 Å². The second-order valence-corrected chi connectivity index (χ2v) is 6.25. The predicted octanol–water partition coefficient (Wildman–Crippen LogP) is 3.02. The van der Waals surface area contributed by atoms with E-state index in [1.807, 2.05) is 12.1 Å². The molecule has 1 aromatic rings. The topological polar surface area (TPSA) is 42.4 Å². The van der Waals surface area contributed by atoms with Crippen molar-refractivity contribution in [1.29, 1.82) is 0 Å². The molecule has 2 unspecified atom stereocenters. The summed E-state index contributed by atoms with van der Waals surface area (Å²) < 4.78 is 4.71. The normalized spacial score (nSPS) is 26.1. The Morgan fingerprint density at radius 3 is 2.86 bits per heavy atom. The number of likely N-dealkylation sites (tertiary alicyclic amines) is 1. The molecule has 4 heteroatoms. The van der Waals surface area contributed by atoms with Crippen LogP contribution in [-0.4, -0.2) is 35.5 Å². The number of pyridine rings is 1. The molecule has 1 aromatic heterocycles. The quantitative estimate of drug-likeness (QED) is 0.802. The van der Waals surface area contributed by atoms with Crippen LogP contribution in [0.2, 0.25) is 0 Å². The highest BCUT2D eigenvalue weighted by atomic mass is 16.5. The van der Waals surface area contributed by atoms with E-state index in [0.29, 0.717) is 5.56 Å². The van der Waals surface area contributed by atoms with Crippen LogP contribution in [0.15, 0.2) is 18.3 Å². The number of piperidine rings is 1. The molecule has 1 aliphatic heterocycles. The van der Waals surface area contributed by atoms with Gasteiger partial charge in [-0.25, -0.2) is 4.79 Å². The van der Waals surface area contributed by atoms with Crippen molar-refractivity contribution >= 4 is 5.97 Å². The average Bonchev–Trinajstić information content (AvgIpc) is 2.55. The van der Waals surface area contributed by atoms with Crippen LogP contribution in [0.4, 0.5) is 0 Å². The highest BCUT2D eigenvalue weighted by Gasteiger charge is 2.33. The van der Waals surface area contributed by atoms with Crippen molar-refractivity contribution in [1.82, 2.24) is 9.88 Å². The van der Waals surface area contributed by atoms with Gasteiger partial charge in [-0.2, -0.15) is 0 Å². The van der Waals surface area contributed by atoms with Gasteiger partial charge in [0.1, 0.15) is 0 Å². The minimum absolute atomic E-state index is 0.320. The Balaban J connectivity index is 1.66. The zero-order valence-corrected chi connectivity index (χ0v) is 12.8. The second kappa shape index (κ2) is 6.56. The zero-order valence-electron chi connectivity index (χ0n) is 12.8. The van der Waals surface area contributed by atoms with Crippen LogP contribution in [0, 0.1) is 5.92 Å². The molecule has 21 heavy (non-hydrogen) atoms. The van der Waals surface area contributed by atoms with E-state index in [2.05, 4.69) is 9.88 Å². The molecule has 2 fully saturated rings. The molecule has 4 nitrogen and oxygen atoms in total. The highest BCUT2D eigenvalue weighted by molar-refractivity contribution is 5.88. The third kappa shape index (κ3) is 3.26. The number of hydrogen-bond donors (Lipinski definition) is 0. The van der Waals surface area contributed by atoms with E-state index in [0.717, 1.165) is 24.2 Å². The Kier molecular flexibility index (Phi) is 4.54. The Bertz CT molecular complexity index is 484. The first-order valence-corrected chi connectivity index (χ1v) is 8.05. The summed E-state index contributed by atoms with van der Waals surface area (Å²) in [5.74, 6) is 0.571. The van der Waals surface area contributed by atoms with Crippen LogP contribution in [0.5, 0.6) is 0 Å². The van der Waals surface area contributed by atoms with E-state index in [9.17, 15) is 4.79 Å². The molecule has 2 atom stereocenters. The summed E-state index contributed by atoms with van der Waals surface area (Å²) in [5, 5.41) is 0.